The van der Waals surface area contributed by atoms with E-state index in [-0.39, 0.29) is 17.3 Å². The minimum absolute atomic E-state index is 0.154. The Morgan fingerprint density at radius 3 is 2.50 bits per heavy atom. The molecule has 3 N–H and O–H groups in total. The molecule has 0 aromatic heterocycles. The van der Waals surface area contributed by atoms with Gasteiger partial charge < -0.3 is 11.1 Å². The smallest absolute Gasteiger partial charge is 0.242 e. The first-order valence-electron chi connectivity index (χ1n) is 6.35. The second kappa shape index (κ2) is 5.16. The average molecular weight is 297 g/mol. The molecule has 7 heteroatoms. The van der Waals surface area contributed by atoms with Crippen LogP contribution in [0.5, 0.6) is 0 Å². The van der Waals surface area contributed by atoms with Gasteiger partial charge in [-0.15, -0.1) is 0 Å². The molecule has 1 saturated carbocycles. The number of carbonyl (C=O) groups is 1. The minimum atomic E-state index is -3.52. The van der Waals surface area contributed by atoms with Crippen LogP contribution < -0.4 is 11.1 Å². The molecule has 1 aromatic carbocycles. The standard InChI is InChI=1S/C13H19N3O3S/c1-16(2)20(18,19)11-6-4-3-5-10(11)9-15-12(17)13(14)7-8-13/h3-6H,7-9,14H2,1-2H3,(H,15,17). The highest BCUT2D eigenvalue weighted by Crippen LogP contribution is 2.32. The third kappa shape index (κ3) is 2.84. The maximum absolute atomic E-state index is 12.2. The number of nitrogens with zero attached hydrogens (tertiary/aromatic N) is 1. The summed E-state index contributed by atoms with van der Waals surface area (Å²) in [4.78, 5) is 12.0. The molecule has 1 amide bonds. The van der Waals surface area contributed by atoms with Gasteiger partial charge in [-0.3, -0.25) is 4.79 Å². The Hall–Kier alpha value is -1.44. The third-order valence-electron chi connectivity index (χ3n) is 3.41. The van der Waals surface area contributed by atoms with Gasteiger partial charge in [0.2, 0.25) is 15.9 Å². The van der Waals surface area contributed by atoms with Gasteiger partial charge in [0, 0.05) is 20.6 Å². The van der Waals surface area contributed by atoms with Crippen LogP contribution in [0.2, 0.25) is 0 Å². The van der Waals surface area contributed by atoms with Gasteiger partial charge >= 0.3 is 0 Å². The Kier molecular flexibility index (Phi) is 3.86. The molecule has 1 aromatic rings. The molecule has 0 bridgehead atoms. The largest absolute Gasteiger partial charge is 0.350 e. The first-order valence-corrected chi connectivity index (χ1v) is 7.79. The van der Waals surface area contributed by atoms with Crippen molar-refractivity contribution < 1.29 is 13.2 Å². The van der Waals surface area contributed by atoms with Crippen molar-refractivity contribution >= 4 is 15.9 Å². The van der Waals surface area contributed by atoms with Crippen molar-refractivity contribution in [2.45, 2.75) is 29.8 Å². The van der Waals surface area contributed by atoms with Crippen molar-refractivity contribution in [3.63, 3.8) is 0 Å². The van der Waals surface area contributed by atoms with Gasteiger partial charge in [0.1, 0.15) is 0 Å². The lowest BCUT2D eigenvalue weighted by Crippen LogP contribution is -2.42. The topological polar surface area (TPSA) is 92.5 Å². The van der Waals surface area contributed by atoms with Gasteiger partial charge in [-0.1, -0.05) is 18.2 Å². The molecule has 0 saturated heterocycles. The number of nitrogens with two attached hydrogens (primary N) is 1. The van der Waals surface area contributed by atoms with Gasteiger partial charge in [-0.05, 0) is 24.5 Å². The van der Waals surface area contributed by atoms with Crippen LogP contribution in [0.3, 0.4) is 0 Å². The monoisotopic (exact) mass is 297 g/mol. The number of rotatable bonds is 5. The molecule has 20 heavy (non-hydrogen) atoms. The van der Waals surface area contributed by atoms with Crippen LogP contribution in [-0.2, 0) is 21.4 Å². The fraction of sp³-hybridized carbons (Fsp3) is 0.462. The summed E-state index contributed by atoms with van der Waals surface area (Å²) in [7, 11) is -0.573. The molecule has 1 aliphatic rings. The Morgan fingerprint density at radius 1 is 1.35 bits per heavy atom. The first kappa shape index (κ1) is 15.0. The predicted octanol–water partition coefficient (Wildman–Crippen LogP) is 0.0444. The van der Waals surface area contributed by atoms with Crippen LogP contribution in [0.25, 0.3) is 0 Å². The van der Waals surface area contributed by atoms with E-state index in [1.807, 2.05) is 0 Å². The molecule has 0 unspecified atom stereocenters. The molecule has 1 aliphatic carbocycles. The molecular weight excluding hydrogens is 278 g/mol. The molecule has 0 spiro atoms. The number of amides is 1. The summed E-state index contributed by atoms with van der Waals surface area (Å²) in [5, 5.41) is 2.71. The Bertz CT molecular complexity index is 622. The van der Waals surface area contributed by atoms with Crippen molar-refractivity contribution in [2.75, 3.05) is 14.1 Å². The summed E-state index contributed by atoms with van der Waals surface area (Å²) in [6, 6.07) is 6.62. The second-order valence-corrected chi connectivity index (χ2v) is 7.35. The summed E-state index contributed by atoms with van der Waals surface area (Å²) in [5.41, 5.74) is 5.59. The van der Waals surface area contributed by atoms with Crippen LogP contribution in [0, 0.1) is 0 Å². The first-order chi connectivity index (χ1) is 9.27. The zero-order valence-electron chi connectivity index (χ0n) is 11.6. The number of nitrogens with one attached hydrogen (secondary N) is 1. The highest BCUT2D eigenvalue weighted by atomic mass is 32.2. The summed E-state index contributed by atoms with van der Waals surface area (Å²) < 4.78 is 25.5. The molecule has 2 rings (SSSR count). The number of sulfonamides is 1. The van der Waals surface area contributed by atoms with Gasteiger partial charge in [0.15, 0.2) is 0 Å². The van der Waals surface area contributed by atoms with Gasteiger partial charge in [-0.25, -0.2) is 12.7 Å². The van der Waals surface area contributed by atoms with Crippen molar-refractivity contribution in [1.29, 1.82) is 0 Å². The molecular formula is C13H19N3O3S. The van der Waals surface area contributed by atoms with E-state index in [4.69, 9.17) is 5.73 Å². The van der Waals surface area contributed by atoms with Crippen LogP contribution in [-0.4, -0.2) is 38.3 Å². The maximum Gasteiger partial charge on any atom is 0.242 e. The lowest BCUT2D eigenvalue weighted by Gasteiger charge is -2.16. The lowest BCUT2D eigenvalue weighted by molar-refractivity contribution is -0.123. The summed E-state index contributed by atoms with van der Waals surface area (Å²) in [6.07, 6.45) is 1.35. The van der Waals surface area contributed by atoms with Crippen LogP contribution in [0.4, 0.5) is 0 Å². The number of hydrogen-bond donors (Lipinski definition) is 2. The summed E-state index contributed by atoms with van der Waals surface area (Å²) in [6.45, 7) is 0.154. The molecule has 0 aliphatic heterocycles. The quantitative estimate of drug-likeness (QED) is 0.803. The van der Waals surface area contributed by atoms with E-state index < -0.39 is 15.6 Å². The number of hydrogen-bond acceptors (Lipinski definition) is 4. The van der Waals surface area contributed by atoms with E-state index in [9.17, 15) is 13.2 Å². The third-order valence-corrected chi connectivity index (χ3v) is 5.33. The molecule has 0 radical (unpaired) electrons. The SMILES string of the molecule is CN(C)S(=O)(=O)c1ccccc1CNC(=O)C1(N)CC1. The van der Waals surface area contributed by atoms with Crippen molar-refractivity contribution in [3.05, 3.63) is 29.8 Å². The molecule has 0 heterocycles. The van der Waals surface area contributed by atoms with Gasteiger partial charge in [0.05, 0.1) is 10.4 Å². The summed E-state index contributed by atoms with van der Waals surface area (Å²) >= 11 is 0. The Labute approximate surface area is 119 Å². The normalized spacial score (nSPS) is 17.0. The van der Waals surface area contributed by atoms with E-state index in [1.165, 1.54) is 20.2 Å². The van der Waals surface area contributed by atoms with E-state index in [0.29, 0.717) is 18.4 Å². The second-order valence-electron chi connectivity index (χ2n) is 5.23. The molecule has 6 nitrogen and oxygen atoms in total. The fourth-order valence-corrected chi connectivity index (χ4v) is 2.93. The van der Waals surface area contributed by atoms with E-state index >= 15 is 0 Å². The molecule has 0 atom stereocenters. The zero-order valence-corrected chi connectivity index (χ0v) is 12.4. The Balaban J connectivity index is 2.19. The van der Waals surface area contributed by atoms with Crippen molar-refractivity contribution in [2.24, 2.45) is 5.73 Å². The van der Waals surface area contributed by atoms with Gasteiger partial charge in [-0.2, -0.15) is 0 Å². The van der Waals surface area contributed by atoms with Crippen LogP contribution in [0.1, 0.15) is 18.4 Å². The van der Waals surface area contributed by atoms with E-state index in [0.717, 1.165) is 4.31 Å². The number of benzene rings is 1. The Morgan fingerprint density at radius 2 is 1.95 bits per heavy atom. The average Bonchev–Trinajstić information content (AvgIpc) is 3.15. The number of carbonyl (C=O) groups excluding carboxylic acids is 1. The van der Waals surface area contributed by atoms with Gasteiger partial charge in [0.25, 0.3) is 0 Å². The zero-order chi connectivity index (χ0) is 15.0. The van der Waals surface area contributed by atoms with E-state index in [2.05, 4.69) is 5.32 Å². The van der Waals surface area contributed by atoms with Crippen molar-refractivity contribution in [3.8, 4) is 0 Å². The van der Waals surface area contributed by atoms with Crippen molar-refractivity contribution in [1.82, 2.24) is 9.62 Å². The molecule has 110 valence electrons. The minimum Gasteiger partial charge on any atom is -0.350 e. The summed E-state index contributed by atoms with van der Waals surface area (Å²) in [5.74, 6) is -0.227. The predicted molar refractivity (Wildman–Crippen MR) is 75.3 cm³/mol. The highest BCUT2D eigenvalue weighted by molar-refractivity contribution is 7.89. The van der Waals surface area contributed by atoms with E-state index in [1.54, 1.807) is 18.2 Å². The highest BCUT2D eigenvalue weighted by Gasteiger charge is 2.45. The maximum atomic E-state index is 12.2. The molecule has 1 fully saturated rings. The lowest BCUT2D eigenvalue weighted by atomic mass is 10.2. The van der Waals surface area contributed by atoms with Crippen LogP contribution in [0.15, 0.2) is 29.2 Å². The van der Waals surface area contributed by atoms with Crippen LogP contribution >= 0.6 is 0 Å². The fourth-order valence-electron chi connectivity index (χ4n) is 1.81.